The molecule has 1 aromatic carbocycles. The second-order valence-electron chi connectivity index (χ2n) is 4.25. The van der Waals surface area contributed by atoms with Gasteiger partial charge in [-0.25, -0.2) is 0 Å². The second-order valence-corrected chi connectivity index (χ2v) is 4.25. The zero-order valence-corrected chi connectivity index (χ0v) is 10.4. The lowest BCUT2D eigenvalue weighted by Crippen LogP contribution is -2.17. The first-order valence-electron chi connectivity index (χ1n) is 5.58. The molecule has 94 valence electrons. The first-order chi connectivity index (χ1) is 8.00. The van der Waals surface area contributed by atoms with Gasteiger partial charge in [-0.15, -0.1) is 0 Å². The fourth-order valence-electron chi connectivity index (χ4n) is 1.48. The van der Waals surface area contributed by atoms with Crippen molar-refractivity contribution in [2.45, 2.75) is 6.42 Å². The van der Waals surface area contributed by atoms with Crippen molar-refractivity contribution >= 4 is 17.3 Å². The number of nitrogens with one attached hydrogen (secondary N) is 1. The molecule has 0 aliphatic heterocycles. The van der Waals surface area contributed by atoms with Gasteiger partial charge in [-0.05, 0) is 45.3 Å². The molecule has 0 heterocycles. The van der Waals surface area contributed by atoms with Gasteiger partial charge in [0.15, 0.2) is 0 Å². The zero-order chi connectivity index (χ0) is 12.8. The van der Waals surface area contributed by atoms with E-state index in [2.05, 4.69) is 10.2 Å². The van der Waals surface area contributed by atoms with E-state index in [1.165, 1.54) is 0 Å². The number of hydrogen-bond donors (Lipinski definition) is 3. The number of carbonyl (C=O) groups is 1. The van der Waals surface area contributed by atoms with Crippen LogP contribution in [0, 0.1) is 0 Å². The van der Waals surface area contributed by atoms with Crippen LogP contribution in [0.25, 0.3) is 0 Å². The Kier molecular flexibility index (Phi) is 4.78. The number of nitrogens with two attached hydrogens (primary N) is 2. The Morgan fingerprint density at radius 2 is 2.12 bits per heavy atom. The predicted octanol–water partition coefficient (Wildman–Crippen LogP) is 0.731. The fraction of sp³-hybridized carbons (Fsp3) is 0.417. The van der Waals surface area contributed by atoms with E-state index in [-0.39, 0.29) is 0 Å². The molecular weight excluding hydrogens is 216 g/mol. The maximum atomic E-state index is 11.0. The van der Waals surface area contributed by atoms with E-state index in [1.807, 2.05) is 14.1 Å². The first-order valence-corrected chi connectivity index (χ1v) is 5.58. The van der Waals surface area contributed by atoms with Crippen molar-refractivity contribution in [1.29, 1.82) is 0 Å². The van der Waals surface area contributed by atoms with Gasteiger partial charge in [0.25, 0.3) is 0 Å². The Morgan fingerprint density at radius 3 is 2.71 bits per heavy atom. The molecule has 0 aliphatic carbocycles. The van der Waals surface area contributed by atoms with Crippen LogP contribution in [0.5, 0.6) is 0 Å². The van der Waals surface area contributed by atoms with E-state index < -0.39 is 5.91 Å². The maximum absolute atomic E-state index is 11.0. The minimum atomic E-state index is -0.443. The van der Waals surface area contributed by atoms with Crippen LogP contribution >= 0.6 is 0 Å². The van der Waals surface area contributed by atoms with Crippen LogP contribution in [0.1, 0.15) is 16.8 Å². The molecular formula is C12H20N4O. The maximum Gasteiger partial charge on any atom is 0.248 e. The van der Waals surface area contributed by atoms with Crippen LogP contribution in [0.4, 0.5) is 11.4 Å². The lowest BCUT2D eigenvalue weighted by Gasteiger charge is -2.12. The molecule has 0 aromatic heterocycles. The van der Waals surface area contributed by atoms with Gasteiger partial charge in [0.1, 0.15) is 0 Å². The number of nitrogen functional groups attached to an aromatic ring is 1. The third-order valence-electron chi connectivity index (χ3n) is 2.44. The number of nitrogens with zero attached hydrogens (tertiary/aromatic N) is 1. The van der Waals surface area contributed by atoms with Crippen molar-refractivity contribution in [1.82, 2.24) is 4.90 Å². The second kappa shape index (κ2) is 6.10. The fourth-order valence-corrected chi connectivity index (χ4v) is 1.48. The van der Waals surface area contributed by atoms with Gasteiger partial charge >= 0.3 is 0 Å². The minimum Gasteiger partial charge on any atom is -0.397 e. The molecule has 1 amide bonds. The highest BCUT2D eigenvalue weighted by molar-refractivity contribution is 5.94. The Bertz CT molecular complexity index is 390. The molecule has 0 saturated carbocycles. The Hall–Kier alpha value is -1.75. The van der Waals surface area contributed by atoms with Gasteiger partial charge in [0.2, 0.25) is 5.91 Å². The number of benzene rings is 1. The van der Waals surface area contributed by atoms with Crippen LogP contribution in [0.2, 0.25) is 0 Å². The van der Waals surface area contributed by atoms with E-state index in [1.54, 1.807) is 18.2 Å². The summed E-state index contributed by atoms with van der Waals surface area (Å²) in [4.78, 5) is 13.1. The van der Waals surface area contributed by atoms with Crippen LogP contribution < -0.4 is 16.8 Å². The third-order valence-corrected chi connectivity index (χ3v) is 2.44. The molecule has 1 aromatic rings. The summed E-state index contributed by atoms with van der Waals surface area (Å²) in [6, 6.07) is 5.00. The summed E-state index contributed by atoms with van der Waals surface area (Å²) in [5, 5.41) is 3.20. The molecule has 0 radical (unpaired) electrons. The molecule has 5 N–H and O–H groups in total. The van der Waals surface area contributed by atoms with Gasteiger partial charge < -0.3 is 21.7 Å². The van der Waals surface area contributed by atoms with Gasteiger partial charge in [-0.2, -0.15) is 0 Å². The van der Waals surface area contributed by atoms with Crippen LogP contribution in [-0.4, -0.2) is 38.0 Å². The van der Waals surface area contributed by atoms with Crippen LogP contribution in [0.3, 0.4) is 0 Å². The van der Waals surface area contributed by atoms with Crippen molar-refractivity contribution < 1.29 is 4.79 Å². The Morgan fingerprint density at radius 1 is 1.41 bits per heavy atom. The third kappa shape index (κ3) is 4.32. The normalized spacial score (nSPS) is 10.5. The van der Waals surface area contributed by atoms with E-state index in [9.17, 15) is 4.79 Å². The molecule has 0 bridgehead atoms. The van der Waals surface area contributed by atoms with Crippen LogP contribution in [0.15, 0.2) is 18.2 Å². The summed E-state index contributed by atoms with van der Waals surface area (Å²) >= 11 is 0. The molecule has 0 aliphatic rings. The van der Waals surface area contributed by atoms with E-state index in [4.69, 9.17) is 11.5 Å². The molecule has 5 heteroatoms. The van der Waals surface area contributed by atoms with Crippen molar-refractivity contribution in [2.75, 3.05) is 38.2 Å². The summed E-state index contributed by atoms with van der Waals surface area (Å²) in [6.07, 6.45) is 1.01. The Labute approximate surface area is 102 Å². The number of anilines is 2. The molecule has 0 saturated heterocycles. The van der Waals surface area contributed by atoms with Crippen molar-refractivity contribution in [3.05, 3.63) is 23.8 Å². The van der Waals surface area contributed by atoms with Crippen molar-refractivity contribution in [3.63, 3.8) is 0 Å². The molecule has 0 atom stereocenters. The summed E-state index contributed by atoms with van der Waals surface area (Å²) < 4.78 is 0. The van der Waals surface area contributed by atoms with Gasteiger partial charge in [-0.3, -0.25) is 4.79 Å². The Balaban J connectivity index is 2.57. The van der Waals surface area contributed by atoms with Gasteiger partial charge in [0.05, 0.1) is 11.4 Å². The summed E-state index contributed by atoms with van der Waals surface area (Å²) in [6.45, 7) is 1.81. The number of hydrogen-bond acceptors (Lipinski definition) is 4. The monoisotopic (exact) mass is 236 g/mol. The summed E-state index contributed by atoms with van der Waals surface area (Å²) in [7, 11) is 4.06. The number of amides is 1. The highest BCUT2D eigenvalue weighted by Gasteiger charge is 2.04. The predicted molar refractivity (Wildman–Crippen MR) is 71.0 cm³/mol. The minimum absolute atomic E-state index is 0.443. The number of primary amides is 1. The SMILES string of the molecule is CN(C)CCCNc1cc(C(N)=O)ccc1N. The number of carbonyl (C=O) groups excluding carboxylic acids is 1. The van der Waals surface area contributed by atoms with Crippen LogP contribution in [-0.2, 0) is 0 Å². The largest absolute Gasteiger partial charge is 0.397 e. The van der Waals surface area contributed by atoms with Crippen molar-refractivity contribution in [2.24, 2.45) is 5.73 Å². The molecule has 0 spiro atoms. The quantitative estimate of drug-likeness (QED) is 0.502. The van der Waals surface area contributed by atoms with Gasteiger partial charge in [0, 0.05) is 12.1 Å². The van der Waals surface area contributed by atoms with Gasteiger partial charge in [-0.1, -0.05) is 0 Å². The molecule has 17 heavy (non-hydrogen) atoms. The highest BCUT2D eigenvalue weighted by atomic mass is 16.1. The topological polar surface area (TPSA) is 84.4 Å². The molecule has 1 rings (SSSR count). The summed E-state index contributed by atoms with van der Waals surface area (Å²) in [5.41, 5.74) is 12.9. The highest BCUT2D eigenvalue weighted by Crippen LogP contribution is 2.19. The smallest absolute Gasteiger partial charge is 0.248 e. The standard InChI is InChI=1S/C12H20N4O/c1-16(2)7-3-6-15-11-8-9(12(14)17)4-5-10(11)13/h4-5,8,15H,3,6-7,13H2,1-2H3,(H2,14,17). The first kappa shape index (κ1) is 13.3. The lowest BCUT2D eigenvalue weighted by atomic mass is 10.1. The molecule has 0 unspecified atom stereocenters. The van der Waals surface area contributed by atoms with E-state index in [0.29, 0.717) is 11.3 Å². The van der Waals surface area contributed by atoms with Crippen molar-refractivity contribution in [3.8, 4) is 0 Å². The number of rotatable bonds is 6. The van der Waals surface area contributed by atoms with E-state index >= 15 is 0 Å². The average molecular weight is 236 g/mol. The lowest BCUT2D eigenvalue weighted by molar-refractivity contribution is 0.100. The average Bonchev–Trinajstić information content (AvgIpc) is 2.25. The summed E-state index contributed by atoms with van der Waals surface area (Å²) in [5.74, 6) is -0.443. The van der Waals surface area contributed by atoms with E-state index in [0.717, 1.165) is 25.2 Å². The molecule has 5 nitrogen and oxygen atoms in total. The molecule has 0 fully saturated rings. The zero-order valence-electron chi connectivity index (χ0n) is 10.4.